The molecule has 0 aromatic heterocycles. The number of hydrogen-bond donors (Lipinski definition) is 3. The Morgan fingerprint density at radius 1 is 1.08 bits per heavy atom. The van der Waals surface area contributed by atoms with E-state index in [0.717, 1.165) is 0 Å². The summed E-state index contributed by atoms with van der Waals surface area (Å²) >= 11 is 18.0. The zero-order valence-corrected chi connectivity index (χ0v) is 16.0. The molecule has 1 aliphatic rings. The van der Waals surface area contributed by atoms with Crippen molar-refractivity contribution in [2.24, 2.45) is 0 Å². The van der Waals surface area contributed by atoms with Crippen molar-refractivity contribution >= 4 is 62.9 Å². The fourth-order valence-corrected chi connectivity index (χ4v) is 4.96. The van der Waals surface area contributed by atoms with Crippen LogP contribution in [0.15, 0.2) is 36.4 Å². The minimum Gasteiger partial charge on any atom is -0.322 e. The van der Waals surface area contributed by atoms with Gasteiger partial charge in [-0.3, -0.25) is 18.2 Å². The average Bonchev–Trinajstić information content (AvgIpc) is 2.86. The summed E-state index contributed by atoms with van der Waals surface area (Å²) in [6.45, 7) is 0.509. The van der Waals surface area contributed by atoms with Gasteiger partial charge in [0.25, 0.3) is 5.91 Å². The second-order valence-corrected chi connectivity index (χ2v) is 8.96. The molecule has 2 aromatic carbocycles. The number of carbonyl (C=O) groups is 1. The molecule has 0 bridgehead atoms. The van der Waals surface area contributed by atoms with Gasteiger partial charge in [0.15, 0.2) is 0 Å². The number of hydrogen-bond acceptors (Lipinski definition) is 4. The van der Waals surface area contributed by atoms with Crippen LogP contribution in [0.5, 0.6) is 0 Å². The number of anilines is 2. The molecule has 5 nitrogen and oxygen atoms in total. The fraction of sp³-hybridized carbons (Fsp3) is 0.188. The topological polar surface area (TPSA) is 72.8 Å². The largest absolute Gasteiger partial charge is 0.322 e. The number of halogens is 3. The molecule has 1 fully saturated rings. The number of amides is 1. The van der Waals surface area contributed by atoms with Crippen molar-refractivity contribution in [1.82, 2.24) is 0 Å². The maximum Gasteiger partial charge on any atom is 0.257 e. The van der Waals surface area contributed by atoms with Crippen LogP contribution in [0.4, 0.5) is 11.4 Å². The Morgan fingerprint density at radius 2 is 1.76 bits per heavy atom. The van der Waals surface area contributed by atoms with E-state index in [2.05, 4.69) is 5.32 Å². The molecule has 0 radical (unpaired) electrons. The quantitative estimate of drug-likeness (QED) is 0.588. The molecule has 1 aliphatic heterocycles. The van der Waals surface area contributed by atoms with Gasteiger partial charge in [-0.1, -0.05) is 34.8 Å². The third-order valence-electron chi connectivity index (χ3n) is 3.74. The number of nitrogens with zero attached hydrogens (tertiary/aromatic N) is 1. The van der Waals surface area contributed by atoms with Gasteiger partial charge in [0.2, 0.25) is 0 Å². The molecule has 1 amide bonds. The van der Waals surface area contributed by atoms with Crippen LogP contribution in [0.25, 0.3) is 0 Å². The van der Waals surface area contributed by atoms with Crippen LogP contribution in [-0.4, -0.2) is 27.3 Å². The molecule has 1 saturated heterocycles. The van der Waals surface area contributed by atoms with E-state index < -0.39 is 16.7 Å². The van der Waals surface area contributed by atoms with E-state index >= 15 is 0 Å². The van der Waals surface area contributed by atoms with E-state index in [0.29, 0.717) is 40.1 Å². The summed E-state index contributed by atoms with van der Waals surface area (Å²) in [7, 11) is -2.84. The zero-order valence-electron chi connectivity index (χ0n) is 12.9. The van der Waals surface area contributed by atoms with Crippen LogP contribution in [0.1, 0.15) is 16.8 Å². The predicted molar refractivity (Wildman–Crippen MR) is 106 cm³/mol. The summed E-state index contributed by atoms with van der Waals surface area (Å²) in [5.74, 6) is -0.126. The Hall–Kier alpha value is -1.15. The maximum atomic E-state index is 12.6. The first-order chi connectivity index (χ1) is 11.8. The average molecular weight is 422 g/mol. The first kappa shape index (κ1) is 18.6. The van der Waals surface area contributed by atoms with E-state index in [-0.39, 0.29) is 10.6 Å². The highest BCUT2D eigenvalue weighted by Gasteiger charge is 2.29. The summed E-state index contributed by atoms with van der Waals surface area (Å²) in [4.78, 5) is 12.6. The van der Waals surface area contributed by atoms with Crippen molar-refractivity contribution in [3.05, 3.63) is 57.0 Å². The van der Waals surface area contributed by atoms with Crippen LogP contribution in [-0.2, 0) is 0 Å². The molecule has 0 atom stereocenters. The van der Waals surface area contributed by atoms with Gasteiger partial charge in [-0.15, -0.1) is 10.8 Å². The van der Waals surface area contributed by atoms with Crippen molar-refractivity contribution in [1.29, 1.82) is 0 Å². The number of rotatable bonds is 3. The summed E-state index contributed by atoms with van der Waals surface area (Å²) in [6.07, 6.45) is 0.674. The van der Waals surface area contributed by atoms with Crippen LogP contribution in [0, 0.1) is 0 Å². The van der Waals surface area contributed by atoms with E-state index in [4.69, 9.17) is 34.8 Å². The van der Waals surface area contributed by atoms with Gasteiger partial charge in [-0.25, -0.2) is 0 Å². The molecule has 0 spiro atoms. The number of benzene rings is 2. The normalized spacial score (nSPS) is 17.4. The van der Waals surface area contributed by atoms with Crippen LogP contribution >= 0.6 is 45.6 Å². The summed E-state index contributed by atoms with van der Waals surface area (Å²) in [5.41, 5.74) is 1.20. The molecule has 2 aromatic rings. The Balaban J connectivity index is 1.88. The molecule has 0 aliphatic carbocycles. The Bertz CT molecular complexity index is 812. The molecule has 9 heteroatoms. The van der Waals surface area contributed by atoms with E-state index in [9.17, 15) is 13.9 Å². The number of nitrogens with one attached hydrogen (secondary N) is 1. The first-order valence-corrected chi connectivity index (χ1v) is 10.2. The Morgan fingerprint density at radius 3 is 2.36 bits per heavy atom. The minimum absolute atomic E-state index is 0.220. The second-order valence-electron chi connectivity index (χ2n) is 5.57. The zero-order chi connectivity index (χ0) is 18.2. The van der Waals surface area contributed by atoms with Gasteiger partial charge in [0.1, 0.15) is 0 Å². The smallest absolute Gasteiger partial charge is 0.257 e. The second kappa shape index (κ2) is 7.23. The lowest BCUT2D eigenvalue weighted by Crippen LogP contribution is -2.22. The van der Waals surface area contributed by atoms with Crippen molar-refractivity contribution in [2.45, 2.75) is 6.42 Å². The molecule has 134 valence electrons. The standard InChI is InChI=1S/C16H15Cl3N2O3S/c17-10-6-11(18)8-12(7-10)20-16(22)14-9-13(2-3-15(14)19)21-4-1-5-25(21,23)24/h2-3,6-9,23-24H,1,4-5H2,(H,20,22). The summed E-state index contributed by atoms with van der Waals surface area (Å²) < 4.78 is 21.7. The van der Waals surface area contributed by atoms with Crippen molar-refractivity contribution in [3.63, 3.8) is 0 Å². The molecular weight excluding hydrogens is 407 g/mol. The molecular formula is C16H15Cl3N2O3S. The molecule has 0 unspecified atom stereocenters. The maximum absolute atomic E-state index is 12.6. The van der Waals surface area contributed by atoms with Gasteiger partial charge in [0, 0.05) is 22.3 Å². The van der Waals surface area contributed by atoms with Crippen molar-refractivity contribution in [3.8, 4) is 0 Å². The lowest BCUT2D eigenvalue weighted by Gasteiger charge is -2.38. The monoisotopic (exact) mass is 420 g/mol. The lowest BCUT2D eigenvalue weighted by molar-refractivity contribution is 0.102. The Kier molecular flexibility index (Phi) is 5.39. The molecule has 3 N–H and O–H groups in total. The summed E-state index contributed by atoms with van der Waals surface area (Å²) in [5, 5.41) is 3.74. The van der Waals surface area contributed by atoms with Crippen molar-refractivity contribution < 1.29 is 13.9 Å². The predicted octanol–water partition coefficient (Wildman–Crippen LogP) is 5.77. The van der Waals surface area contributed by atoms with Gasteiger partial charge < -0.3 is 5.32 Å². The van der Waals surface area contributed by atoms with Gasteiger partial charge in [-0.05, 0) is 42.8 Å². The molecule has 25 heavy (non-hydrogen) atoms. The van der Waals surface area contributed by atoms with Crippen LogP contribution in [0.3, 0.4) is 0 Å². The third kappa shape index (κ3) is 4.16. The van der Waals surface area contributed by atoms with Crippen LogP contribution in [0.2, 0.25) is 15.1 Å². The fourth-order valence-electron chi connectivity index (χ4n) is 2.62. The van der Waals surface area contributed by atoms with E-state index in [1.54, 1.807) is 36.4 Å². The highest BCUT2D eigenvalue weighted by Crippen LogP contribution is 2.51. The van der Waals surface area contributed by atoms with Crippen molar-refractivity contribution in [2.75, 3.05) is 21.9 Å². The van der Waals surface area contributed by atoms with E-state index in [1.807, 2.05) is 0 Å². The first-order valence-electron chi connectivity index (χ1n) is 7.37. The third-order valence-corrected chi connectivity index (χ3v) is 6.44. The summed E-state index contributed by atoms with van der Waals surface area (Å²) in [6, 6.07) is 9.47. The Labute approximate surface area is 162 Å². The SMILES string of the molecule is O=C(Nc1cc(Cl)cc(Cl)c1)c1cc(N2CCCS2(O)O)ccc1Cl. The molecule has 3 rings (SSSR count). The van der Waals surface area contributed by atoms with Gasteiger partial charge >= 0.3 is 0 Å². The highest BCUT2D eigenvalue weighted by atomic mass is 35.5. The molecule has 1 heterocycles. The minimum atomic E-state index is -2.84. The van der Waals surface area contributed by atoms with E-state index in [1.165, 1.54) is 4.31 Å². The van der Waals surface area contributed by atoms with Gasteiger partial charge in [0.05, 0.1) is 22.0 Å². The lowest BCUT2D eigenvalue weighted by atomic mass is 10.1. The highest BCUT2D eigenvalue weighted by molar-refractivity contribution is 8.25. The number of carbonyl (C=O) groups excluding carboxylic acids is 1. The van der Waals surface area contributed by atoms with Gasteiger partial charge in [-0.2, -0.15) is 0 Å². The van der Waals surface area contributed by atoms with Crippen LogP contribution < -0.4 is 9.62 Å². The molecule has 0 saturated carbocycles.